The van der Waals surface area contributed by atoms with Gasteiger partial charge in [0.2, 0.25) is 11.8 Å². The number of nitrogens with zero attached hydrogens (tertiary/aromatic N) is 4. The Bertz CT molecular complexity index is 751. The van der Waals surface area contributed by atoms with E-state index in [9.17, 15) is 9.59 Å². The lowest BCUT2D eigenvalue weighted by Gasteiger charge is -2.33. The lowest BCUT2D eigenvalue weighted by molar-refractivity contribution is -0.137. The Kier molecular flexibility index (Phi) is 4.73. The topological polar surface area (TPSA) is 58.4 Å². The molecule has 6 nitrogen and oxygen atoms in total. The average molecular weight is 352 g/mol. The van der Waals surface area contributed by atoms with Crippen molar-refractivity contribution in [2.24, 2.45) is 11.8 Å². The standard InChI is InChI=1S/C20H24N4O2/c25-19-12-17(14-24(19)18-4-2-1-3-5-18)20(26)23-9-6-16(7-10-23)13-22-11-8-21-15-22/h1-5,8,11,15-17H,6-7,9-10,12-14H2. The van der Waals surface area contributed by atoms with Gasteiger partial charge in [-0.1, -0.05) is 18.2 Å². The van der Waals surface area contributed by atoms with Crippen LogP contribution in [-0.4, -0.2) is 45.9 Å². The van der Waals surface area contributed by atoms with E-state index in [-0.39, 0.29) is 17.7 Å². The molecule has 0 bridgehead atoms. The fraction of sp³-hybridized carbons (Fsp3) is 0.450. The molecule has 136 valence electrons. The summed E-state index contributed by atoms with van der Waals surface area (Å²) in [4.78, 5) is 33.0. The molecule has 0 aliphatic carbocycles. The number of carbonyl (C=O) groups excluding carboxylic acids is 2. The molecule has 0 spiro atoms. The molecule has 1 atom stereocenters. The van der Waals surface area contributed by atoms with Crippen LogP contribution < -0.4 is 4.90 Å². The summed E-state index contributed by atoms with van der Waals surface area (Å²) in [6.07, 6.45) is 7.97. The lowest BCUT2D eigenvalue weighted by Crippen LogP contribution is -2.43. The second-order valence-electron chi connectivity index (χ2n) is 7.27. The maximum Gasteiger partial charge on any atom is 0.228 e. The smallest absolute Gasteiger partial charge is 0.228 e. The molecule has 1 unspecified atom stereocenters. The summed E-state index contributed by atoms with van der Waals surface area (Å²) in [6.45, 7) is 3.03. The number of para-hydroxylation sites is 1. The molecular weight excluding hydrogens is 328 g/mol. The van der Waals surface area contributed by atoms with Crippen LogP contribution in [0.15, 0.2) is 49.1 Å². The van der Waals surface area contributed by atoms with Crippen LogP contribution in [0.2, 0.25) is 0 Å². The average Bonchev–Trinajstić information content (AvgIpc) is 3.32. The second-order valence-corrected chi connectivity index (χ2v) is 7.27. The molecule has 3 heterocycles. The van der Waals surface area contributed by atoms with E-state index in [4.69, 9.17) is 0 Å². The number of piperidine rings is 1. The molecule has 2 aliphatic rings. The molecule has 2 aromatic rings. The van der Waals surface area contributed by atoms with Crippen molar-refractivity contribution in [2.75, 3.05) is 24.5 Å². The summed E-state index contributed by atoms with van der Waals surface area (Å²) in [5.41, 5.74) is 0.881. The fourth-order valence-electron chi connectivity index (χ4n) is 4.02. The van der Waals surface area contributed by atoms with Gasteiger partial charge in [0, 0.05) is 50.7 Å². The number of carbonyl (C=O) groups is 2. The van der Waals surface area contributed by atoms with E-state index >= 15 is 0 Å². The van der Waals surface area contributed by atoms with E-state index in [0.717, 1.165) is 38.2 Å². The first kappa shape index (κ1) is 16.8. The van der Waals surface area contributed by atoms with Crippen LogP contribution >= 0.6 is 0 Å². The number of aromatic nitrogens is 2. The van der Waals surface area contributed by atoms with Gasteiger partial charge in [-0.05, 0) is 30.9 Å². The van der Waals surface area contributed by atoms with Gasteiger partial charge >= 0.3 is 0 Å². The molecule has 4 rings (SSSR count). The Labute approximate surface area is 153 Å². The predicted molar refractivity (Wildman–Crippen MR) is 98.4 cm³/mol. The Morgan fingerprint density at radius 1 is 1.15 bits per heavy atom. The molecule has 2 amide bonds. The van der Waals surface area contributed by atoms with Gasteiger partial charge in [0.25, 0.3) is 0 Å². The first-order chi connectivity index (χ1) is 12.7. The number of hydrogen-bond donors (Lipinski definition) is 0. The summed E-state index contributed by atoms with van der Waals surface area (Å²) in [6, 6.07) is 9.62. The third-order valence-corrected chi connectivity index (χ3v) is 5.50. The van der Waals surface area contributed by atoms with Crippen molar-refractivity contribution in [1.29, 1.82) is 0 Å². The van der Waals surface area contributed by atoms with E-state index in [1.165, 1.54) is 0 Å². The molecule has 1 aromatic carbocycles. The van der Waals surface area contributed by atoms with Crippen molar-refractivity contribution in [3.8, 4) is 0 Å². The Morgan fingerprint density at radius 3 is 2.62 bits per heavy atom. The minimum atomic E-state index is -0.215. The summed E-state index contributed by atoms with van der Waals surface area (Å²) < 4.78 is 2.11. The Morgan fingerprint density at radius 2 is 1.92 bits per heavy atom. The van der Waals surface area contributed by atoms with Crippen molar-refractivity contribution in [3.05, 3.63) is 49.1 Å². The van der Waals surface area contributed by atoms with Gasteiger partial charge in [-0.25, -0.2) is 4.98 Å². The van der Waals surface area contributed by atoms with Gasteiger partial charge in [0.05, 0.1) is 12.2 Å². The summed E-state index contributed by atoms with van der Waals surface area (Å²) in [5.74, 6) is 0.551. The molecule has 2 aliphatic heterocycles. The van der Waals surface area contributed by atoms with Gasteiger partial charge < -0.3 is 14.4 Å². The van der Waals surface area contributed by atoms with Crippen LogP contribution in [0.1, 0.15) is 19.3 Å². The highest BCUT2D eigenvalue weighted by Crippen LogP contribution is 2.28. The number of likely N-dealkylation sites (tertiary alicyclic amines) is 1. The highest BCUT2D eigenvalue weighted by Gasteiger charge is 2.38. The van der Waals surface area contributed by atoms with Crippen molar-refractivity contribution < 1.29 is 9.59 Å². The molecule has 0 saturated carbocycles. The minimum absolute atomic E-state index is 0.0459. The third-order valence-electron chi connectivity index (χ3n) is 5.50. The molecule has 26 heavy (non-hydrogen) atoms. The first-order valence-corrected chi connectivity index (χ1v) is 9.30. The van der Waals surface area contributed by atoms with Crippen LogP contribution in [0.4, 0.5) is 5.69 Å². The van der Waals surface area contributed by atoms with E-state index in [0.29, 0.717) is 18.9 Å². The van der Waals surface area contributed by atoms with Crippen molar-refractivity contribution in [3.63, 3.8) is 0 Å². The van der Waals surface area contributed by atoms with Gasteiger partial charge in [0.1, 0.15) is 0 Å². The Hall–Kier alpha value is -2.63. The van der Waals surface area contributed by atoms with Gasteiger partial charge in [-0.15, -0.1) is 0 Å². The number of rotatable bonds is 4. The lowest BCUT2D eigenvalue weighted by atomic mass is 9.95. The van der Waals surface area contributed by atoms with Crippen LogP contribution in [0.3, 0.4) is 0 Å². The summed E-state index contributed by atoms with van der Waals surface area (Å²) >= 11 is 0. The zero-order chi connectivity index (χ0) is 17.9. The highest BCUT2D eigenvalue weighted by molar-refractivity contribution is 6.00. The fourth-order valence-corrected chi connectivity index (χ4v) is 4.02. The molecule has 2 saturated heterocycles. The van der Waals surface area contributed by atoms with Gasteiger partial charge in [-0.2, -0.15) is 0 Å². The second kappa shape index (κ2) is 7.32. The largest absolute Gasteiger partial charge is 0.342 e. The van der Waals surface area contributed by atoms with E-state index in [2.05, 4.69) is 9.55 Å². The van der Waals surface area contributed by atoms with Gasteiger partial charge in [-0.3, -0.25) is 9.59 Å². The number of benzene rings is 1. The number of amides is 2. The number of anilines is 1. The highest BCUT2D eigenvalue weighted by atomic mass is 16.2. The third kappa shape index (κ3) is 3.49. The maximum absolute atomic E-state index is 12.9. The summed E-state index contributed by atoms with van der Waals surface area (Å²) in [5, 5.41) is 0. The molecule has 0 N–H and O–H groups in total. The van der Waals surface area contributed by atoms with E-state index in [1.807, 2.05) is 47.8 Å². The van der Waals surface area contributed by atoms with Crippen LogP contribution in [-0.2, 0) is 16.1 Å². The molecule has 1 aromatic heterocycles. The van der Waals surface area contributed by atoms with Crippen LogP contribution in [0.5, 0.6) is 0 Å². The van der Waals surface area contributed by atoms with E-state index < -0.39 is 0 Å². The maximum atomic E-state index is 12.9. The molecule has 2 fully saturated rings. The normalized spacial score (nSPS) is 21.4. The minimum Gasteiger partial charge on any atom is -0.342 e. The number of hydrogen-bond acceptors (Lipinski definition) is 3. The molecule has 0 radical (unpaired) electrons. The molecular formula is C20H24N4O2. The zero-order valence-corrected chi connectivity index (χ0v) is 14.8. The van der Waals surface area contributed by atoms with E-state index in [1.54, 1.807) is 11.1 Å². The monoisotopic (exact) mass is 352 g/mol. The van der Waals surface area contributed by atoms with Crippen molar-refractivity contribution in [2.45, 2.75) is 25.8 Å². The van der Waals surface area contributed by atoms with Crippen LogP contribution in [0.25, 0.3) is 0 Å². The van der Waals surface area contributed by atoms with Crippen molar-refractivity contribution in [1.82, 2.24) is 14.5 Å². The first-order valence-electron chi connectivity index (χ1n) is 9.30. The SMILES string of the molecule is O=C(C1CC(=O)N(c2ccccc2)C1)N1CCC(Cn2ccnc2)CC1. The zero-order valence-electron chi connectivity index (χ0n) is 14.8. The Balaban J connectivity index is 1.32. The summed E-state index contributed by atoms with van der Waals surface area (Å²) in [7, 11) is 0. The molecule has 6 heteroatoms. The van der Waals surface area contributed by atoms with Crippen LogP contribution in [0, 0.1) is 11.8 Å². The quantitative estimate of drug-likeness (QED) is 0.847. The predicted octanol–water partition coefficient (Wildman–Crippen LogP) is 2.17. The van der Waals surface area contributed by atoms with Crippen molar-refractivity contribution >= 4 is 17.5 Å². The number of imidazole rings is 1. The van der Waals surface area contributed by atoms with Gasteiger partial charge in [0.15, 0.2) is 0 Å².